The van der Waals surface area contributed by atoms with Crippen molar-refractivity contribution in [3.8, 4) is 0 Å². The quantitative estimate of drug-likeness (QED) is 0.598. The zero-order valence-corrected chi connectivity index (χ0v) is 7.76. The van der Waals surface area contributed by atoms with Crippen LogP contribution in [0.2, 0.25) is 0 Å². The Morgan fingerprint density at radius 2 is 1.83 bits per heavy atom. The fraction of sp³-hybridized carbons (Fsp3) is 0.400. The summed E-state index contributed by atoms with van der Waals surface area (Å²) in [7, 11) is 0. The molecule has 0 unspecified atom stereocenters. The lowest BCUT2D eigenvalue weighted by Crippen LogP contribution is -2.18. The molecule has 0 amide bonds. The molecule has 0 aliphatic carbocycles. The molecule has 0 N–H and O–H groups in total. The van der Waals surface area contributed by atoms with E-state index >= 15 is 0 Å². The molecule has 2 nitrogen and oxygen atoms in total. The van der Waals surface area contributed by atoms with Crippen molar-refractivity contribution in [2.24, 2.45) is 5.41 Å². The average molecular weight is 166 g/mol. The van der Waals surface area contributed by atoms with Crippen LogP contribution in [-0.4, -0.2) is 11.6 Å². The molecule has 0 spiro atoms. The number of carbonyl (C=O) groups excluding carboxylic acids is 2. The van der Waals surface area contributed by atoms with Gasteiger partial charge in [-0.15, -0.1) is 0 Å². The fourth-order valence-corrected chi connectivity index (χ4v) is 0.476. The summed E-state index contributed by atoms with van der Waals surface area (Å²) in [5.74, 6) is -0.139. The molecule has 0 atom stereocenters. The van der Waals surface area contributed by atoms with Crippen LogP contribution in [0.5, 0.6) is 0 Å². The lowest BCUT2D eigenvalue weighted by atomic mass is 9.88. The molecule has 0 aliphatic rings. The highest BCUT2D eigenvalue weighted by Crippen LogP contribution is 2.17. The Labute approximate surface area is 73.0 Å². The van der Waals surface area contributed by atoms with Crippen molar-refractivity contribution < 1.29 is 9.59 Å². The standard InChI is InChI=1S/C10H14O2/c1-5-9(12)6-7-10(3,4)8(2)11/h5-7H,1H2,2-4H3. The van der Waals surface area contributed by atoms with Crippen LogP contribution in [0.4, 0.5) is 0 Å². The van der Waals surface area contributed by atoms with E-state index in [1.807, 2.05) is 0 Å². The van der Waals surface area contributed by atoms with Crippen LogP contribution in [0.25, 0.3) is 0 Å². The van der Waals surface area contributed by atoms with Crippen molar-refractivity contribution in [1.29, 1.82) is 0 Å². The van der Waals surface area contributed by atoms with Crippen LogP contribution in [0, 0.1) is 5.41 Å². The lowest BCUT2D eigenvalue weighted by Gasteiger charge is -2.14. The van der Waals surface area contributed by atoms with Crippen molar-refractivity contribution in [2.75, 3.05) is 0 Å². The number of allylic oxidation sites excluding steroid dienone is 3. The second-order valence-electron chi connectivity index (χ2n) is 3.22. The van der Waals surface area contributed by atoms with Crippen molar-refractivity contribution in [3.05, 3.63) is 24.8 Å². The third-order valence-corrected chi connectivity index (χ3v) is 1.77. The zero-order chi connectivity index (χ0) is 9.78. The highest BCUT2D eigenvalue weighted by molar-refractivity contribution is 5.99. The van der Waals surface area contributed by atoms with Gasteiger partial charge in [0.1, 0.15) is 5.78 Å². The Morgan fingerprint density at radius 1 is 1.33 bits per heavy atom. The Balaban J connectivity index is 4.43. The van der Waals surface area contributed by atoms with Gasteiger partial charge < -0.3 is 0 Å². The minimum Gasteiger partial charge on any atom is -0.299 e. The third-order valence-electron chi connectivity index (χ3n) is 1.77. The van der Waals surface area contributed by atoms with Gasteiger partial charge in [-0.3, -0.25) is 9.59 Å². The summed E-state index contributed by atoms with van der Waals surface area (Å²) in [5, 5.41) is 0. The second kappa shape index (κ2) is 4.00. The summed E-state index contributed by atoms with van der Waals surface area (Å²) >= 11 is 0. The SMILES string of the molecule is C=CC(=O)C=CC(C)(C)C(C)=O. The van der Waals surface area contributed by atoms with Crippen LogP contribution < -0.4 is 0 Å². The van der Waals surface area contributed by atoms with Crippen LogP contribution >= 0.6 is 0 Å². The lowest BCUT2D eigenvalue weighted by molar-refractivity contribution is -0.122. The number of Topliss-reactive ketones (excluding diaryl/α,β-unsaturated/α-hetero) is 1. The molecule has 2 heteroatoms. The first kappa shape index (κ1) is 10.8. The smallest absolute Gasteiger partial charge is 0.177 e. The molecule has 0 bridgehead atoms. The van der Waals surface area contributed by atoms with E-state index in [0.717, 1.165) is 0 Å². The molecule has 12 heavy (non-hydrogen) atoms. The van der Waals surface area contributed by atoms with Gasteiger partial charge in [0.05, 0.1) is 0 Å². The number of ketones is 2. The van der Waals surface area contributed by atoms with E-state index in [4.69, 9.17) is 0 Å². The van der Waals surface area contributed by atoms with Crippen molar-refractivity contribution >= 4 is 11.6 Å². The van der Waals surface area contributed by atoms with E-state index in [9.17, 15) is 9.59 Å². The van der Waals surface area contributed by atoms with E-state index in [-0.39, 0.29) is 11.6 Å². The highest BCUT2D eigenvalue weighted by Gasteiger charge is 2.19. The Hall–Kier alpha value is -1.18. The number of hydrogen-bond acceptors (Lipinski definition) is 2. The maximum atomic E-state index is 11.0. The Bertz CT molecular complexity index is 234. The van der Waals surface area contributed by atoms with Crippen molar-refractivity contribution in [3.63, 3.8) is 0 Å². The molecule has 0 aromatic heterocycles. The molecular weight excluding hydrogens is 152 g/mol. The maximum Gasteiger partial charge on any atom is 0.177 e. The fourth-order valence-electron chi connectivity index (χ4n) is 0.476. The summed E-state index contributed by atoms with van der Waals surface area (Å²) in [6, 6.07) is 0. The van der Waals surface area contributed by atoms with E-state index in [2.05, 4.69) is 6.58 Å². The second-order valence-corrected chi connectivity index (χ2v) is 3.22. The summed E-state index contributed by atoms with van der Waals surface area (Å²) in [5.41, 5.74) is -0.557. The van der Waals surface area contributed by atoms with Crippen LogP contribution in [0.3, 0.4) is 0 Å². The van der Waals surface area contributed by atoms with Crippen molar-refractivity contribution in [1.82, 2.24) is 0 Å². The van der Waals surface area contributed by atoms with Crippen molar-refractivity contribution in [2.45, 2.75) is 20.8 Å². The number of hydrogen-bond donors (Lipinski definition) is 0. The van der Waals surface area contributed by atoms with Gasteiger partial charge in [0.25, 0.3) is 0 Å². The van der Waals surface area contributed by atoms with E-state index in [1.54, 1.807) is 19.9 Å². The minimum absolute atomic E-state index is 0.0376. The number of rotatable bonds is 4. The third kappa shape index (κ3) is 3.28. The van der Waals surface area contributed by atoms with Gasteiger partial charge in [-0.2, -0.15) is 0 Å². The first-order chi connectivity index (χ1) is 5.40. The van der Waals surface area contributed by atoms with E-state index in [0.29, 0.717) is 0 Å². The molecule has 0 saturated carbocycles. The summed E-state index contributed by atoms with van der Waals surface area (Å²) < 4.78 is 0. The van der Waals surface area contributed by atoms with Gasteiger partial charge in [-0.1, -0.05) is 12.7 Å². The largest absolute Gasteiger partial charge is 0.299 e. The molecule has 66 valence electrons. The molecule has 0 saturated heterocycles. The van der Waals surface area contributed by atoms with Crippen LogP contribution in [0.1, 0.15) is 20.8 Å². The summed E-state index contributed by atoms with van der Waals surface area (Å²) in [4.78, 5) is 21.7. The van der Waals surface area contributed by atoms with Gasteiger partial charge in [-0.25, -0.2) is 0 Å². The number of carbonyl (C=O) groups is 2. The predicted molar refractivity (Wildman–Crippen MR) is 48.8 cm³/mol. The molecule has 0 rings (SSSR count). The maximum absolute atomic E-state index is 11.0. The van der Waals surface area contributed by atoms with E-state index in [1.165, 1.54) is 19.1 Å². The summed E-state index contributed by atoms with van der Waals surface area (Å²) in [6.07, 6.45) is 4.18. The van der Waals surface area contributed by atoms with Crippen LogP contribution in [-0.2, 0) is 9.59 Å². The zero-order valence-electron chi connectivity index (χ0n) is 7.76. The molecule has 0 aliphatic heterocycles. The Morgan fingerprint density at radius 3 is 2.17 bits per heavy atom. The minimum atomic E-state index is -0.557. The Kier molecular flexibility index (Phi) is 3.61. The molecule has 0 aromatic rings. The highest BCUT2D eigenvalue weighted by atomic mass is 16.1. The first-order valence-electron chi connectivity index (χ1n) is 3.77. The van der Waals surface area contributed by atoms with Gasteiger partial charge >= 0.3 is 0 Å². The van der Waals surface area contributed by atoms with Gasteiger partial charge in [0.2, 0.25) is 0 Å². The molecule has 0 radical (unpaired) electrons. The van der Waals surface area contributed by atoms with Gasteiger partial charge in [0.15, 0.2) is 5.78 Å². The topological polar surface area (TPSA) is 34.1 Å². The van der Waals surface area contributed by atoms with E-state index < -0.39 is 5.41 Å². The van der Waals surface area contributed by atoms with Crippen LogP contribution in [0.15, 0.2) is 24.8 Å². The molecular formula is C10H14O2. The van der Waals surface area contributed by atoms with Gasteiger partial charge in [0, 0.05) is 5.41 Å². The predicted octanol–water partition coefficient (Wildman–Crippen LogP) is 1.91. The normalized spacial score (nSPS) is 11.6. The molecule has 0 aromatic carbocycles. The first-order valence-corrected chi connectivity index (χ1v) is 3.77. The molecule has 0 heterocycles. The molecule has 0 fully saturated rings. The summed E-state index contributed by atoms with van der Waals surface area (Å²) in [6.45, 7) is 8.36. The van der Waals surface area contributed by atoms with Gasteiger partial charge in [-0.05, 0) is 32.9 Å². The monoisotopic (exact) mass is 166 g/mol. The average Bonchev–Trinajstić information content (AvgIpc) is 2.00.